The molecule has 0 spiro atoms. The molecule has 6 nitrogen and oxygen atoms in total. The molecule has 0 aliphatic heterocycles. The molecule has 1 atom stereocenters. The summed E-state index contributed by atoms with van der Waals surface area (Å²) in [6.45, 7) is 5.67. The van der Waals surface area contributed by atoms with Gasteiger partial charge in [0.1, 0.15) is 11.5 Å². The van der Waals surface area contributed by atoms with E-state index in [9.17, 15) is 9.59 Å². The fourth-order valence-corrected chi connectivity index (χ4v) is 4.61. The van der Waals surface area contributed by atoms with Crippen molar-refractivity contribution in [1.82, 2.24) is 10.9 Å². The van der Waals surface area contributed by atoms with Gasteiger partial charge in [0.25, 0.3) is 11.8 Å². The number of hydrazine groups is 1. The van der Waals surface area contributed by atoms with Crippen molar-refractivity contribution in [2.75, 3.05) is 13.2 Å². The SMILES string of the molecule is CCC(C)c1ccc(OCC(=O)NNC(=O)COc2c(C)cc(Br)cc2Br)c(Br)c1. The van der Waals surface area contributed by atoms with Crippen molar-refractivity contribution in [2.45, 2.75) is 33.1 Å². The van der Waals surface area contributed by atoms with Gasteiger partial charge in [0.2, 0.25) is 0 Å². The summed E-state index contributed by atoms with van der Waals surface area (Å²) in [4.78, 5) is 23.9. The van der Waals surface area contributed by atoms with E-state index in [0.717, 1.165) is 25.4 Å². The van der Waals surface area contributed by atoms with Crippen LogP contribution in [0.2, 0.25) is 0 Å². The molecule has 0 saturated carbocycles. The number of hydrogen-bond acceptors (Lipinski definition) is 4. The molecule has 162 valence electrons. The fourth-order valence-electron chi connectivity index (χ4n) is 2.54. The van der Waals surface area contributed by atoms with Crippen molar-refractivity contribution < 1.29 is 19.1 Å². The van der Waals surface area contributed by atoms with E-state index in [4.69, 9.17) is 9.47 Å². The Bertz CT molecular complexity index is 898. The molecule has 0 saturated heterocycles. The van der Waals surface area contributed by atoms with Crippen molar-refractivity contribution in [3.63, 3.8) is 0 Å². The monoisotopic (exact) mass is 604 g/mol. The van der Waals surface area contributed by atoms with Crippen LogP contribution in [0, 0.1) is 6.92 Å². The van der Waals surface area contributed by atoms with E-state index < -0.39 is 11.8 Å². The number of aryl methyl sites for hydroxylation is 1. The van der Waals surface area contributed by atoms with Crippen LogP contribution in [0.1, 0.15) is 37.3 Å². The van der Waals surface area contributed by atoms with E-state index in [2.05, 4.69) is 72.5 Å². The first-order valence-electron chi connectivity index (χ1n) is 9.29. The maximum absolute atomic E-state index is 12.0. The van der Waals surface area contributed by atoms with E-state index >= 15 is 0 Å². The summed E-state index contributed by atoms with van der Waals surface area (Å²) in [6.07, 6.45) is 1.04. The molecule has 2 amide bonds. The van der Waals surface area contributed by atoms with Gasteiger partial charge in [-0.3, -0.25) is 20.4 Å². The average Bonchev–Trinajstić information content (AvgIpc) is 2.69. The summed E-state index contributed by atoms with van der Waals surface area (Å²) in [5, 5.41) is 0. The molecule has 1 unspecified atom stereocenters. The minimum atomic E-state index is -0.489. The highest BCUT2D eigenvalue weighted by molar-refractivity contribution is 9.11. The lowest BCUT2D eigenvalue weighted by atomic mass is 9.99. The lowest BCUT2D eigenvalue weighted by molar-refractivity contribution is -0.131. The van der Waals surface area contributed by atoms with Gasteiger partial charge < -0.3 is 9.47 Å². The molecule has 2 rings (SSSR count). The molecule has 0 radical (unpaired) electrons. The number of carbonyl (C=O) groups is 2. The van der Waals surface area contributed by atoms with Gasteiger partial charge in [-0.2, -0.15) is 0 Å². The highest BCUT2D eigenvalue weighted by atomic mass is 79.9. The fraction of sp³-hybridized carbons (Fsp3) is 0.333. The molecule has 0 fully saturated rings. The van der Waals surface area contributed by atoms with Crippen molar-refractivity contribution in [2.24, 2.45) is 0 Å². The first-order chi connectivity index (χ1) is 14.2. The van der Waals surface area contributed by atoms with Crippen LogP contribution < -0.4 is 20.3 Å². The lowest BCUT2D eigenvalue weighted by Gasteiger charge is -2.14. The first-order valence-corrected chi connectivity index (χ1v) is 11.7. The molecule has 30 heavy (non-hydrogen) atoms. The van der Waals surface area contributed by atoms with Crippen molar-refractivity contribution in [1.29, 1.82) is 0 Å². The smallest absolute Gasteiger partial charge is 0.276 e. The third-order valence-corrected chi connectivity index (χ3v) is 6.05. The van der Waals surface area contributed by atoms with Crippen LogP contribution in [0.5, 0.6) is 11.5 Å². The number of carbonyl (C=O) groups excluding carboxylic acids is 2. The Morgan fingerprint density at radius 1 is 0.967 bits per heavy atom. The lowest BCUT2D eigenvalue weighted by Crippen LogP contribution is -2.45. The van der Waals surface area contributed by atoms with Crippen LogP contribution in [-0.4, -0.2) is 25.0 Å². The van der Waals surface area contributed by atoms with Crippen molar-refractivity contribution in [3.8, 4) is 11.5 Å². The van der Waals surface area contributed by atoms with Crippen LogP contribution in [0.3, 0.4) is 0 Å². The van der Waals surface area contributed by atoms with E-state index in [0.29, 0.717) is 17.4 Å². The Labute approximate surface area is 201 Å². The molecule has 0 heterocycles. The molecule has 9 heteroatoms. The van der Waals surface area contributed by atoms with Crippen LogP contribution in [0.25, 0.3) is 0 Å². The minimum absolute atomic E-state index is 0.236. The Hall–Kier alpha value is -1.58. The minimum Gasteiger partial charge on any atom is -0.483 e. The predicted molar refractivity (Wildman–Crippen MR) is 127 cm³/mol. The normalized spacial score (nSPS) is 11.5. The van der Waals surface area contributed by atoms with Gasteiger partial charge in [-0.15, -0.1) is 0 Å². The third-order valence-electron chi connectivity index (χ3n) is 4.38. The Balaban J connectivity index is 1.77. The van der Waals surface area contributed by atoms with Gasteiger partial charge in [-0.25, -0.2) is 0 Å². The summed E-state index contributed by atoms with van der Waals surface area (Å²) in [6, 6.07) is 9.50. The first kappa shape index (κ1) is 24.7. The molecular formula is C21H23Br3N2O4. The van der Waals surface area contributed by atoms with Crippen LogP contribution in [0.4, 0.5) is 0 Å². The summed E-state index contributed by atoms with van der Waals surface area (Å²) >= 11 is 10.3. The molecule has 0 aliphatic rings. The molecule has 2 aromatic carbocycles. The van der Waals surface area contributed by atoms with Gasteiger partial charge in [0.05, 0.1) is 8.95 Å². The van der Waals surface area contributed by atoms with Gasteiger partial charge >= 0.3 is 0 Å². The number of hydrogen-bond donors (Lipinski definition) is 2. The third kappa shape index (κ3) is 7.28. The van der Waals surface area contributed by atoms with Crippen molar-refractivity contribution in [3.05, 3.63) is 54.9 Å². The van der Waals surface area contributed by atoms with Crippen LogP contribution in [0.15, 0.2) is 43.7 Å². The van der Waals surface area contributed by atoms with E-state index in [1.54, 1.807) is 0 Å². The molecule has 0 bridgehead atoms. The van der Waals surface area contributed by atoms with E-state index in [1.165, 1.54) is 5.56 Å². The van der Waals surface area contributed by atoms with Gasteiger partial charge in [0.15, 0.2) is 13.2 Å². The predicted octanol–water partition coefficient (Wildman–Crippen LogP) is 5.40. The number of rotatable bonds is 8. The molecule has 0 aliphatic carbocycles. The topological polar surface area (TPSA) is 76.7 Å². The molecular weight excluding hydrogens is 584 g/mol. The number of ether oxygens (including phenoxy) is 2. The maximum Gasteiger partial charge on any atom is 0.276 e. The summed E-state index contributed by atoms with van der Waals surface area (Å²) in [7, 11) is 0. The zero-order valence-corrected chi connectivity index (χ0v) is 21.6. The average molecular weight is 607 g/mol. The number of amides is 2. The second kappa shape index (κ2) is 11.7. The summed E-state index contributed by atoms with van der Waals surface area (Å²) < 4.78 is 13.5. The molecule has 0 aromatic heterocycles. The Morgan fingerprint density at radius 2 is 1.60 bits per heavy atom. The second-order valence-corrected chi connectivity index (χ2v) is 9.33. The summed E-state index contributed by atoms with van der Waals surface area (Å²) in [5.74, 6) is 0.591. The van der Waals surface area contributed by atoms with Gasteiger partial charge in [-0.1, -0.05) is 35.8 Å². The van der Waals surface area contributed by atoms with Crippen molar-refractivity contribution >= 4 is 59.6 Å². The Kier molecular flexibility index (Phi) is 9.64. The van der Waals surface area contributed by atoms with Gasteiger partial charge in [-0.05, 0) is 86.5 Å². The van der Waals surface area contributed by atoms with E-state index in [1.807, 2.05) is 37.3 Å². The zero-order chi connectivity index (χ0) is 22.3. The largest absolute Gasteiger partial charge is 0.483 e. The number of benzene rings is 2. The Morgan fingerprint density at radius 3 is 2.17 bits per heavy atom. The second-order valence-electron chi connectivity index (χ2n) is 6.71. The number of nitrogens with one attached hydrogen (secondary N) is 2. The van der Waals surface area contributed by atoms with E-state index in [-0.39, 0.29) is 13.2 Å². The highest BCUT2D eigenvalue weighted by Gasteiger charge is 2.12. The maximum atomic E-state index is 12.0. The molecule has 2 N–H and O–H groups in total. The zero-order valence-electron chi connectivity index (χ0n) is 16.9. The van der Waals surface area contributed by atoms with Crippen LogP contribution >= 0.6 is 47.8 Å². The quantitative estimate of drug-likeness (QED) is 0.395. The van der Waals surface area contributed by atoms with Crippen LogP contribution in [-0.2, 0) is 9.59 Å². The molecule has 2 aromatic rings. The standard InChI is InChI=1S/C21H23Br3N2O4/c1-4-12(2)14-5-6-18(16(23)8-14)29-10-19(27)25-26-20(28)11-30-21-13(3)7-15(22)9-17(21)24/h5-9,12H,4,10-11H2,1-3H3,(H,25,27)(H,26,28). The number of halogens is 3. The highest BCUT2D eigenvalue weighted by Crippen LogP contribution is 2.32. The van der Waals surface area contributed by atoms with Gasteiger partial charge in [0, 0.05) is 4.47 Å². The summed E-state index contributed by atoms with van der Waals surface area (Å²) in [5.41, 5.74) is 6.68.